The number of alkyl halides is 3. The average Bonchev–Trinajstić information content (AvgIpc) is 2.84. The number of para-hydroxylation sites is 1. The number of amides is 1. The number of aliphatic imine (C=N–C) groups is 1. The first kappa shape index (κ1) is 25.6. The van der Waals surface area contributed by atoms with Gasteiger partial charge in [0.15, 0.2) is 0 Å². The maximum absolute atomic E-state index is 12.7. The predicted molar refractivity (Wildman–Crippen MR) is 127 cm³/mol. The number of carbonyl (C=O) groups excluding carboxylic acids is 1. The summed E-state index contributed by atoms with van der Waals surface area (Å²) in [4.78, 5) is 33.0. The lowest BCUT2D eigenvalue weighted by molar-refractivity contribution is -0.145. The Morgan fingerprint density at radius 2 is 1.66 bits per heavy atom. The lowest BCUT2D eigenvalue weighted by Gasteiger charge is -2.16. The molecular formula is C26H24F3N3O3. The fraction of sp³-hybridized carbons (Fsp3) is 0.231. The largest absolute Gasteiger partial charge is 0.481 e. The number of nitrogens with zero attached hydrogens (tertiary/aromatic N) is 2. The number of carboxylic acid groups (broad SMARTS) is 1. The van der Waals surface area contributed by atoms with Crippen LogP contribution < -0.4 is 5.32 Å². The van der Waals surface area contributed by atoms with E-state index in [4.69, 9.17) is 0 Å². The minimum absolute atomic E-state index is 0.154. The van der Waals surface area contributed by atoms with Gasteiger partial charge in [0, 0.05) is 23.7 Å². The van der Waals surface area contributed by atoms with Gasteiger partial charge in [0.2, 0.25) is 0 Å². The summed E-state index contributed by atoms with van der Waals surface area (Å²) in [5.41, 5.74) is 2.30. The van der Waals surface area contributed by atoms with Crippen molar-refractivity contribution in [3.8, 4) is 0 Å². The monoisotopic (exact) mass is 483 g/mol. The van der Waals surface area contributed by atoms with Crippen LogP contribution in [-0.2, 0) is 4.79 Å². The van der Waals surface area contributed by atoms with Crippen LogP contribution in [0.2, 0.25) is 0 Å². The molecule has 1 unspecified atom stereocenters. The lowest BCUT2D eigenvalue weighted by Crippen LogP contribution is -2.20. The van der Waals surface area contributed by atoms with Gasteiger partial charge in [-0.1, -0.05) is 54.6 Å². The Morgan fingerprint density at radius 1 is 0.971 bits per heavy atom. The number of rotatable bonds is 10. The minimum Gasteiger partial charge on any atom is -0.481 e. The van der Waals surface area contributed by atoms with Gasteiger partial charge in [0.25, 0.3) is 5.91 Å². The molecule has 35 heavy (non-hydrogen) atoms. The van der Waals surface area contributed by atoms with Crippen molar-refractivity contribution < 1.29 is 27.9 Å². The number of benzene rings is 2. The number of anilines is 1. The molecule has 0 radical (unpaired) electrons. The van der Waals surface area contributed by atoms with Crippen LogP contribution in [0.25, 0.3) is 0 Å². The summed E-state index contributed by atoms with van der Waals surface area (Å²) in [6, 6.07) is 20.8. The van der Waals surface area contributed by atoms with Gasteiger partial charge in [-0.3, -0.25) is 19.6 Å². The Kier molecular flexibility index (Phi) is 8.72. The second-order valence-electron chi connectivity index (χ2n) is 7.81. The lowest BCUT2D eigenvalue weighted by atomic mass is 9.98. The molecule has 0 spiro atoms. The molecule has 0 fully saturated rings. The van der Waals surface area contributed by atoms with E-state index in [0.29, 0.717) is 22.5 Å². The van der Waals surface area contributed by atoms with Crippen molar-refractivity contribution in [1.29, 1.82) is 0 Å². The molecule has 0 aliphatic carbocycles. The van der Waals surface area contributed by atoms with Crippen molar-refractivity contribution in [3.05, 3.63) is 95.8 Å². The molecule has 0 saturated heterocycles. The SMILES string of the molecule is O=C(Nc1ccccc1C(=NCC(CCCC(F)(F)F)C(=O)O)c1ccccc1)c1ccccn1. The van der Waals surface area contributed by atoms with Gasteiger partial charge in [-0.05, 0) is 31.0 Å². The minimum atomic E-state index is -4.34. The number of carbonyl (C=O) groups is 2. The van der Waals surface area contributed by atoms with Gasteiger partial charge in [-0.2, -0.15) is 13.2 Å². The van der Waals surface area contributed by atoms with Crippen molar-refractivity contribution >= 4 is 23.3 Å². The predicted octanol–water partition coefficient (Wildman–Crippen LogP) is 5.60. The van der Waals surface area contributed by atoms with Crippen molar-refractivity contribution in [2.75, 3.05) is 11.9 Å². The highest BCUT2D eigenvalue weighted by Gasteiger charge is 2.28. The van der Waals surface area contributed by atoms with Crippen LogP contribution in [0.5, 0.6) is 0 Å². The normalized spacial score (nSPS) is 12.7. The van der Waals surface area contributed by atoms with Crippen LogP contribution >= 0.6 is 0 Å². The van der Waals surface area contributed by atoms with Gasteiger partial charge in [0.05, 0.1) is 23.9 Å². The van der Waals surface area contributed by atoms with E-state index in [0.717, 1.165) is 0 Å². The third-order valence-electron chi connectivity index (χ3n) is 5.21. The van der Waals surface area contributed by atoms with Gasteiger partial charge >= 0.3 is 12.1 Å². The average molecular weight is 483 g/mol. The van der Waals surface area contributed by atoms with Crippen LogP contribution in [0, 0.1) is 5.92 Å². The highest BCUT2D eigenvalue weighted by atomic mass is 19.4. The number of aliphatic carboxylic acids is 1. The number of aromatic nitrogens is 1. The van der Waals surface area contributed by atoms with Gasteiger partial charge < -0.3 is 10.4 Å². The second kappa shape index (κ2) is 11.9. The number of nitrogens with one attached hydrogen (secondary N) is 1. The fourth-order valence-electron chi connectivity index (χ4n) is 3.45. The van der Waals surface area contributed by atoms with E-state index >= 15 is 0 Å². The fourth-order valence-corrected chi connectivity index (χ4v) is 3.45. The molecule has 3 rings (SSSR count). The molecule has 182 valence electrons. The van der Waals surface area contributed by atoms with Crippen molar-refractivity contribution in [2.45, 2.75) is 25.4 Å². The molecule has 0 saturated carbocycles. The summed E-state index contributed by atoms with van der Waals surface area (Å²) in [7, 11) is 0. The first-order valence-electron chi connectivity index (χ1n) is 11.0. The molecule has 0 aliphatic rings. The topological polar surface area (TPSA) is 91.7 Å². The molecule has 1 atom stereocenters. The zero-order valence-corrected chi connectivity index (χ0v) is 18.7. The summed E-state index contributed by atoms with van der Waals surface area (Å²) in [6.07, 6.45) is -4.34. The van der Waals surface area contributed by atoms with E-state index in [9.17, 15) is 27.9 Å². The van der Waals surface area contributed by atoms with Crippen LogP contribution in [0.15, 0.2) is 84.0 Å². The molecule has 2 aromatic carbocycles. The van der Waals surface area contributed by atoms with E-state index in [1.54, 1.807) is 66.7 Å². The number of halogens is 3. The number of pyridine rings is 1. The van der Waals surface area contributed by atoms with E-state index in [1.807, 2.05) is 6.07 Å². The zero-order chi connectivity index (χ0) is 25.3. The Labute approximate surface area is 200 Å². The van der Waals surface area contributed by atoms with E-state index in [1.165, 1.54) is 6.20 Å². The van der Waals surface area contributed by atoms with E-state index in [-0.39, 0.29) is 25.1 Å². The first-order chi connectivity index (χ1) is 16.7. The smallest absolute Gasteiger partial charge is 0.389 e. The maximum atomic E-state index is 12.7. The number of hydrogen-bond acceptors (Lipinski definition) is 4. The Morgan fingerprint density at radius 3 is 2.31 bits per heavy atom. The molecule has 1 aromatic heterocycles. The molecule has 1 heterocycles. The molecule has 0 bridgehead atoms. The quantitative estimate of drug-likeness (QED) is 0.367. The standard InChI is InChI=1S/C26H24F3N3O3/c27-26(28,29)15-8-11-19(25(34)35)17-31-23(18-9-2-1-3-10-18)20-12-4-5-13-21(20)32-24(33)22-14-6-7-16-30-22/h1-7,9-10,12-14,16,19H,8,11,15,17H2,(H,32,33)(H,34,35). The second-order valence-corrected chi connectivity index (χ2v) is 7.81. The Hall–Kier alpha value is -4.01. The van der Waals surface area contributed by atoms with Crippen LogP contribution in [0.3, 0.4) is 0 Å². The maximum Gasteiger partial charge on any atom is 0.389 e. The van der Waals surface area contributed by atoms with Crippen molar-refractivity contribution in [3.63, 3.8) is 0 Å². The molecule has 9 heteroatoms. The Bertz CT molecular complexity index is 1170. The van der Waals surface area contributed by atoms with Crippen LogP contribution in [-0.4, -0.2) is 40.4 Å². The molecule has 3 aromatic rings. The molecular weight excluding hydrogens is 459 g/mol. The van der Waals surface area contributed by atoms with Gasteiger partial charge in [0.1, 0.15) is 5.69 Å². The van der Waals surface area contributed by atoms with E-state index < -0.39 is 30.4 Å². The molecule has 6 nitrogen and oxygen atoms in total. The third kappa shape index (κ3) is 7.77. The molecule has 0 aliphatic heterocycles. The third-order valence-corrected chi connectivity index (χ3v) is 5.21. The van der Waals surface area contributed by atoms with Gasteiger partial charge in [-0.25, -0.2) is 0 Å². The molecule has 1 amide bonds. The summed E-state index contributed by atoms with van der Waals surface area (Å²) >= 11 is 0. The summed E-state index contributed by atoms with van der Waals surface area (Å²) in [6.45, 7) is -0.208. The van der Waals surface area contributed by atoms with Crippen LogP contribution in [0.4, 0.5) is 18.9 Å². The summed E-state index contributed by atoms with van der Waals surface area (Å²) in [5, 5.41) is 12.4. The van der Waals surface area contributed by atoms with Crippen molar-refractivity contribution in [2.24, 2.45) is 10.9 Å². The zero-order valence-electron chi connectivity index (χ0n) is 18.7. The summed E-state index contributed by atoms with van der Waals surface area (Å²) < 4.78 is 37.6. The highest BCUT2D eigenvalue weighted by molar-refractivity contribution is 6.18. The summed E-state index contributed by atoms with van der Waals surface area (Å²) in [5.74, 6) is -2.72. The number of carboxylic acids is 1. The van der Waals surface area contributed by atoms with E-state index in [2.05, 4.69) is 15.3 Å². The van der Waals surface area contributed by atoms with Gasteiger partial charge in [-0.15, -0.1) is 0 Å². The molecule has 2 N–H and O–H groups in total. The highest BCUT2D eigenvalue weighted by Crippen LogP contribution is 2.25. The van der Waals surface area contributed by atoms with Crippen LogP contribution in [0.1, 0.15) is 40.9 Å². The first-order valence-corrected chi connectivity index (χ1v) is 11.0. The van der Waals surface area contributed by atoms with Crippen molar-refractivity contribution in [1.82, 2.24) is 4.98 Å². The number of hydrogen-bond donors (Lipinski definition) is 2. The Balaban J connectivity index is 1.91.